The van der Waals surface area contributed by atoms with E-state index in [9.17, 15) is 4.79 Å². The highest BCUT2D eigenvalue weighted by atomic mass is 16.5. The van der Waals surface area contributed by atoms with Gasteiger partial charge in [0.2, 0.25) is 0 Å². The molecule has 0 aliphatic heterocycles. The van der Waals surface area contributed by atoms with Crippen molar-refractivity contribution in [2.24, 2.45) is 5.73 Å². The molecule has 0 aliphatic rings. The molecule has 2 aromatic rings. The van der Waals surface area contributed by atoms with Crippen LogP contribution in [0.5, 0.6) is 5.75 Å². The van der Waals surface area contributed by atoms with Crippen molar-refractivity contribution >= 4 is 5.97 Å². The quantitative estimate of drug-likeness (QED) is 0.860. The first-order valence-corrected chi connectivity index (χ1v) is 7.29. The van der Waals surface area contributed by atoms with Crippen molar-refractivity contribution in [2.45, 2.75) is 25.8 Å². The normalized spacial score (nSPS) is 12.0. The Morgan fingerprint density at radius 1 is 1.23 bits per heavy atom. The number of hydrogen-bond donors (Lipinski definition) is 2. The first-order valence-electron chi connectivity index (χ1n) is 7.29. The average molecular weight is 299 g/mol. The summed E-state index contributed by atoms with van der Waals surface area (Å²) in [5, 5.41) is 8.86. The second-order valence-electron chi connectivity index (χ2n) is 5.22. The molecule has 0 spiro atoms. The number of nitrogens with two attached hydrogens (primary N) is 1. The molecule has 0 aromatic heterocycles. The van der Waals surface area contributed by atoms with Crippen molar-refractivity contribution in [3.05, 3.63) is 53.6 Å². The Morgan fingerprint density at radius 3 is 2.45 bits per heavy atom. The molecular weight excluding hydrogens is 278 g/mol. The summed E-state index contributed by atoms with van der Waals surface area (Å²) in [6, 6.07) is 13.1. The smallest absolute Gasteiger partial charge is 0.320 e. The number of methoxy groups -OCH3 is 1. The molecule has 2 rings (SSSR count). The van der Waals surface area contributed by atoms with Crippen LogP contribution < -0.4 is 10.5 Å². The lowest BCUT2D eigenvalue weighted by atomic mass is 9.96. The van der Waals surface area contributed by atoms with Crippen LogP contribution in [0.3, 0.4) is 0 Å². The first-order chi connectivity index (χ1) is 10.5. The highest BCUT2D eigenvalue weighted by molar-refractivity contribution is 5.74. The third-order valence-electron chi connectivity index (χ3n) is 3.73. The molecule has 1 unspecified atom stereocenters. The van der Waals surface area contributed by atoms with Gasteiger partial charge in [0.05, 0.1) is 7.11 Å². The van der Waals surface area contributed by atoms with Crippen molar-refractivity contribution in [2.75, 3.05) is 7.11 Å². The van der Waals surface area contributed by atoms with E-state index in [4.69, 9.17) is 15.6 Å². The largest absolute Gasteiger partial charge is 0.497 e. The summed E-state index contributed by atoms with van der Waals surface area (Å²) in [5.74, 6) is -0.128. The highest BCUT2D eigenvalue weighted by Gasteiger charge is 2.12. The lowest BCUT2D eigenvalue weighted by Crippen LogP contribution is -2.32. The standard InChI is InChI=1S/C18H21NO3/c1-3-13-11-15(22-2)8-9-16(13)14-6-4-12(5-7-14)10-17(19)18(20)21/h4-9,11,17H,3,10,19H2,1-2H3,(H,20,21). The van der Waals surface area contributed by atoms with Crippen molar-refractivity contribution < 1.29 is 14.6 Å². The van der Waals surface area contributed by atoms with E-state index in [1.807, 2.05) is 36.4 Å². The van der Waals surface area contributed by atoms with Gasteiger partial charge < -0.3 is 15.6 Å². The van der Waals surface area contributed by atoms with Crippen LogP contribution in [0.15, 0.2) is 42.5 Å². The van der Waals surface area contributed by atoms with Gasteiger partial charge in [-0.15, -0.1) is 0 Å². The number of benzene rings is 2. The number of hydrogen-bond acceptors (Lipinski definition) is 3. The van der Waals surface area contributed by atoms with E-state index in [-0.39, 0.29) is 0 Å². The number of carboxylic acids is 1. The lowest BCUT2D eigenvalue weighted by molar-refractivity contribution is -0.138. The van der Waals surface area contributed by atoms with Gasteiger partial charge in [0.15, 0.2) is 0 Å². The maximum atomic E-state index is 10.8. The van der Waals surface area contributed by atoms with E-state index in [1.165, 1.54) is 5.56 Å². The Bertz CT molecular complexity index is 650. The number of carboxylic acid groups (broad SMARTS) is 1. The highest BCUT2D eigenvalue weighted by Crippen LogP contribution is 2.28. The Kier molecular flexibility index (Phi) is 5.17. The Hall–Kier alpha value is -2.33. The predicted octanol–water partition coefficient (Wildman–Crippen LogP) is 2.88. The minimum absolute atomic E-state index is 0.332. The van der Waals surface area contributed by atoms with Crippen molar-refractivity contribution in [3.63, 3.8) is 0 Å². The number of rotatable bonds is 6. The lowest BCUT2D eigenvalue weighted by Gasteiger charge is -2.12. The monoisotopic (exact) mass is 299 g/mol. The molecule has 116 valence electrons. The molecule has 0 fully saturated rings. The van der Waals surface area contributed by atoms with Crippen LogP contribution in [0.4, 0.5) is 0 Å². The van der Waals surface area contributed by atoms with Gasteiger partial charge in [-0.05, 0) is 47.2 Å². The molecule has 0 bridgehead atoms. The molecule has 22 heavy (non-hydrogen) atoms. The Balaban J connectivity index is 2.25. The SMILES string of the molecule is CCc1cc(OC)ccc1-c1ccc(CC(N)C(=O)O)cc1. The minimum atomic E-state index is -0.979. The molecule has 0 saturated heterocycles. The number of aliphatic carboxylic acids is 1. The van der Waals surface area contributed by atoms with E-state index in [2.05, 4.69) is 13.0 Å². The van der Waals surface area contributed by atoms with Gasteiger partial charge in [0.25, 0.3) is 0 Å². The van der Waals surface area contributed by atoms with E-state index in [0.29, 0.717) is 6.42 Å². The second kappa shape index (κ2) is 7.09. The molecule has 0 amide bonds. The fourth-order valence-electron chi connectivity index (χ4n) is 2.43. The van der Waals surface area contributed by atoms with E-state index >= 15 is 0 Å². The zero-order chi connectivity index (χ0) is 16.1. The predicted molar refractivity (Wildman–Crippen MR) is 87.1 cm³/mol. The molecular formula is C18H21NO3. The van der Waals surface area contributed by atoms with Crippen molar-refractivity contribution in [3.8, 4) is 16.9 Å². The molecule has 2 aromatic carbocycles. The van der Waals surface area contributed by atoms with Crippen LogP contribution in [0.25, 0.3) is 11.1 Å². The molecule has 0 saturated carbocycles. The molecule has 0 heterocycles. The summed E-state index contributed by atoms with van der Waals surface area (Å²) in [4.78, 5) is 10.8. The molecule has 0 radical (unpaired) electrons. The summed E-state index contributed by atoms with van der Waals surface area (Å²) in [6.45, 7) is 2.11. The summed E-state index contributed by atoms with van der Waals surface area (Å²) in [6.07, 6.45) is 1.25. The maximum Gasteiger partial charge on any atom is 0.320 e. The van der Waals surface area contributed by atoms with E-state index in [0.717, 1.165) is 28.9 Å². The molecule has 4 nitrogen and oxygen atoms in total. The number of ether oxygens (including phenoxy) is 1. The van der Waals surface area contributed by atoms with Gasteiger partial charge in [-0.3, -0.25) is 4.79 Å². The number of aryl methyl sites for hydroxylation is 1. The summed E-state index contributed by atoms with van der Waals surface area (Å²) in [7, 11) is 1.66. The molecule has 1 atom stereocenters. The van der Waals surface area contributed by atoms with Crippen molar-refractivity contribution in [1.29, 1.82) is 0 Å². The molecule has 0 aliphatic carbocycles. The molecule has 3 N–H and O–H groups in total. The van der Waals surface area contributed by atoms with Crippen LogP contribution in [-0.4, -0.2) is 24.2 Å². The van der Waals surface area contributed by atoms with Crippen LogP contribution in [0, 0.1) is 0 Å². The van der Waals surface area contributed by atoms with Gasteiger partial charge >= 0.3 is 5.97 Å². The van der Waals surface area contributed by atoms with Gasteiger partial charge in [0, 0.05) is 0 Å². The van der Waals surface area contributed by atoms with Crippen LogP contribution in [0.2, 0.25) is 0 Å². The summed E-state index contributed by atoms with van der Waals surface area (Å²) in [5.41, 5.74) is 9.97. The zero-order valence-corrected chi connectivity index (χ0v) is 12.9. The van der Waals surface area contributed by atoms with Gasteiger partial charge in [0.1, 0.15) is 11.8 Å². The van der Waals surface area contributed by atoms with Crippen LogP contribution in [0.1, 0.15) is 18.1 Å². The third-order valence-corrected chi connectivity index (χ3v) is 3.73. The fourth-order valence-corrected chi connectivity index (χ4v) is 2.43. The topological polar surface area (TPSA) is 72.5 Å². The van der Waals surface area contributed by atoms with E-state index in [1.54, 1.807) is 7.11 Å². The fraction of sp³-hybridized carbons (Fsp3) is 0.278. The maximum absolute atomic E-state index is 10.8. The van der Waals surface area contributed by atoms with Crippen LogP contribution in [-0.2, 0) is 17.6 Å². The van der Waals surface area contributed by atoms with Gasteiger partial charge in [-0.25, -0.2) is 0 Å². The van der Waals surface area contributed by atoms with Crippen molar-refractivity contribution in [1.82, 2.24) is 0 Å². The van der Waals surface area contributed by atoms with Gasteiger partial charge in [-0.1, -0.05) is 37.3 Å². The second-order valence-corrected chi connectivity index (χ2v) is 5.22. The van der Waals surface area contributed by atoms with Crippen LogP contribution >= 0.6 is 0 Å². The third kappa shape index (κ3) is 3.65. The minimum Gasteiger partial charge on any atom is -0.497 e. The van der Waals surface area contributed by atoms with Gasteiger partial charge in [-0.2, -0.15) is 0 Å². The average Bonchev–Trinajstić information content (AvgIpc) is 2.54. The van der Waals surface area contributed by atoms with E-state index < -0.39 is 12.0 Å². The Morgan fingerprint density at radius 2 is 1.91 bits per heavy atom. The summed E-state index contributed by atoms with van der Waals surface area (Å²) >= 11 is 0. The molecule has 4 heteroatoms. The Labute approximate surface area is 130 Å². The number of carbonyl (C=O) groups is 1. The zero-order valence-electron chi connectivity index (χ0n) is 12.9. The summed E-state index contributed by atoms with van der Waals surface area (Å²) < 4.78 is 5.26. The first kappa shape index (κ1) is 16.0.